The summed E-state index contributed by atoms with van der Waals surface area (Å²) in [6.07, 6.45) is 0.819. The Hall–Kier alpha value is -4.21. The minimum absolute atomic E-state index is 0.0448. The van der Waals surface area contributed by atoms with Gasteiger partial charge in [0.25, 0.3) is 0 Å². The number of para-hydroxylation sites is 1. The number of hydrazine groups is 1. The van der Waals surface area contributed by atoms with E-state index in [0.717, 1.165) is 16.9 Å². The van der Waals surface area contributed by atoms with Crippen molar-refractivity contribution in [3.8, 4) is 11.5 Å². The summed E-state index contributed by atoms with van der Waals surface area (Å²) in [5.74, 6) is 5.85. The van der Waals surface area contributed by atoms with Crippen LogP contribution >= 0.6 is 0 Å². The molecule has 0 saturated carbocycles. The first-order chi connectivity index (χ1) is 16.5. The first kappa shape index (κ1) is 24.4. The highest BCUT2D eigenvalue weighted by molar-refractivity contribution is 5.97. The topological polar surface area (TPSA) is 130 Å². The van der Waals surface area contributed by atoms with Crippen LogP contribution in [0, 0.1) is 5.41 Å². The summed E-state index contributed by atoms with van der Waals surface area (Å²) >= 11 is 0. The van der Waals surface area contributed by atoms with Crippen LogP contribution in [0.1, 0.15) is 5.56 Å². The lowest BCUT2D eigenvalue weighted by Gasteiger charge is -2.20. The van der Waals surface area contributed by atoms with Crippen molar-refractivity contribution in [3.05, 3.63) is 90.5 Å². The highest BCUT2D eigenvalue weighted by atomic mass is 16.5. The zero-order valence-corrected chi connectivity index (χ0v) is 18.5. The fourth-order valence-electron chi connectivity index (χ4n) is 2.96. The third kappa shape index (κ3) is 8.05. The van der Waals surface area contributed by atoms with E-state index in [0.29, 0.717) is 17.2 Å². The second-order valence-electron chi connectivity index (χ2n) is 7.35. The number of anilines is 1. The molecule has 0 aliphatic heterocycles. The molecule has 0 spiro atoms. The van der Waals surface area contributed by atoms with Gasteiger partial charge in [-0.25, -0.2) is 5.84 Å². The van der Waals surface area contributed by atoms with Crippen LogP contribution in [0.2, 0.25) is 0 Å². The van der Waals surface area contributed by atoms with Gasteiger partial charge in [-0.05, 0) is 42.0 Å². The van der Waals surface area contributed by atoms with Crippen molar-refractivity contribution in [3.63, 3.8) is 0 Å². The SMILES string of the molecule is N=CN(N)CC(=O)N[C@@H](COCc1ccccc1)C(=O)Nc1ccc(Oc2ccccc2)cc1. The molecule has 2 amide bonds. The second kappa shape index (κ2) is 12.7. The Balaban J connectivity index is 1.60. The Kier molecular flexibility index (Phi) is 9.15. The van der Waals surface area contributed by atoms with E-state index in [1.165, 1.54) is 0 Å². The van der Waals surface area contributed by atoms with Gasteiger partial charge in [0.2, 0.25) is 11.8 Å². The van der Waals surface area contributed by atoms with Crippen LogP contribution in [0.4, 0.5) is 5.69 Å². The number of rotatable bonds is 12. The van der Waals surface area contributed by atoms with Crippen molar-refractivity contribution in [2.75, 3.05) is 18.5 Å². The lowest BCUT2D eigenvalue weighted by atomic mass is 10.2. The number of carbonyl (C=O) groups excluding carboxylic acids is 2. The van der Waals surface area contributed by atoms with Crippen LogP contribution < -0.4 is 21.2 Å². The number of amides is 2. The average Bonchev–Trinajstić information content (AvgIpc) is 2.85. The Morgan fingerprint density at radius 2 is 1.56 bits per heavy atom. The largest absolute Gasteiger partial charge is 0.457 e. The smallest absolute Gasteiger partial charge is 0.249 e. The molecule has 176 valence electrons. The van der Waals surface area contributed by atoms with Crippen LogP contribution in [-0.2, 0) is 20.9 Å². The minimum atomic E-state index is -0.962. The van der Waals surface area contributed by atoms with Crippen LogP contribution in [0.3, 0.4) is 0 Å². The van der Waals surface area contributed by atoms with Gasteiger partial charge in [-0.15, -0.1) is 0 Å². The van der Waals surface area contributed by atoms with Crippen molar-refractivity contribution in [1.29, 1.82) is 5.41 Å². The highest BCUT2D eigenvalue weighted by Gasteiger charge is 2.22. The van der Waals surface area contributed by atoms with Gasteiger partial charge in [0.1, 0.15) is 24.1 Å². The number of benzene rings is 3. The Bertz CT molecular complexity index is 1060. The summed E-state index contributed by atoms with van der Waals surface area (Å²) in [6, 6.07) is 24.8. The van der Waals surface area contributed by atoms with E-state index >= 15 is 0 Å². The van der Waals surface area contributed by atoms with Gasteiger partial charge in [-0.2, -0.15) is 0 Å². The van der Waals surface area contributed by atoms with Crippen molar-refractivity contribution in [1.82, 2.24) is 10.3 Å². The molecule has 0 radical (unpaired) electrons. The van der Waals surface area contributed by atoms with E-state index in [1.807, 2.05) is 60.7 Å². The normalized spacial score (nSPS) is 11.2. The first-order valence-electron chi connectivity index (χ1n) is 10.6. The molecule has 3 aromatic carbocycles. The summed E-state index contributed by atoms with van der Waals surface area (Å²) in [6.45, 7) is -0.0240. The number of nitrogens with one attached hydrogen (secondary N) is 3. The molecule has 5 N–H and O–H groups in total. The quantitative estimate of drug-likeness (QED) is 0.142. The molecule has 0 saturated heterocycles. The lowest BCUT2D eigenvalue weighted by Crippen LogP contribution is -2.50. The van der Waals surface area contributed by atoms with Crippen molar-refractivity contribution < 1.29 is 19.1 Å². The van der Waals surface area contributed by atoms with Gasteiger partial charge >= 0.3 is 0 Å². The summed E-state index contributed by atoms with van der Waals surface area (Å²) in [5.41, 5.74) is 1.48. The van der Waals surface area contributed by atoms with Gasteiger partial charge in [0.05, 0.1) is 19.6 Å². The van der Waals surface area contributed by atoms with Gasteiger partial charge in [0.15, 0.2) is 0 Å². The number of nitrogens with zero attached hydrogens (tertiary/aromatic N) is 1. The molecule has 9 heteroatoms. The number of hydrogen-bond donors (Lipinski definition) is 4. The summed E-state index contributed by atoms with van der Waals surface area (Å²) in [7, 11) is 0. The number of carbonyl (C=O) groups is 2. The first-order valence-corrected chi connectivity index (χ1v) is 10.6. The Morgan fingerprint density at radius 1 is 0.941 bits per heavy atom. The molecule has 0 unspecified atom stereocenters. The van der Waals surface area contributed by atoms with Crippen molar-refractivity contribution in [2.24, 2.45) is 5.84 Å². The molecule has 3 rings (SSSR count). The number of hydrogen-bond acceptors (Lipinski definition) is 6. The number of ether oxygens (including phenoxy) is 2. The van der Waals surface area contributed by atoms with Crippen LogP contribution in [0.5, 0.6) is 11.5 Å². The molecular weight excluding hydrogens is 434 g/mol. The summed E-state index contributed by atoms with van der Waals surface area (Å²) in [4.78, 5) is 25.1. The standard InChI is InChI=1S/C25H27N5O4/c26-18-30(27)15-24(31)29-23(17-33-16-19-7-3-1-4-8-19)25(32)28-20-11-13-22(14-12-20)34-21-9-5-2-6-10-21/h1-14,18,23,26H,15-17,27H2,(H,28,32)(H,29,31)/t23-/m0/s1. The predicted molar refractivity (Wildman–Crippen MR) is 129 cm³/mol. The monoisotopic (exact) mass is 461 g/mol. The second-order valence-corrected chi connectivity index (χ2v) is 7.35. The van der Waals surface area contributed by atoms with Crippen molar-refractivity contribution >= 4 is 23.8 Å². The van der Waals surface area contributed by atoms with E-state index in [4.69, 9.17) is 20.7 Å². The molecule has 9 nitrogen and oxygen atoms in total. The fraction of sp³-hybridized carbons (Fsp3) is 0.160. The maximum Gasteiger partial charge on any atom is 0.249 e. The van der Waals surface area contributed by atoms with Gasteiger partial charge in [0, 0.05) is 5.69 Å². The molecule has 3 aromatic rings. The minimum Gasteiger partial charge on any atom is -0.457 e. The molecule has 1 atom stereocenters. The van der Waals surface area contributed by atoms with Gasteiger partial charge in [-0.3, -0.25) is 20.0 Å². The maximum atomic E-state index is 12.9. The van der Waals surface area contributed by atoms with E-state index in [2.05, 4.69) is 10.6 Å². The summed E-state index contributed by atoms with van der Waals surface area (Å²) in [5, 5.41) is 13.4. The van der Waals surface area contributed by atoms with Crippen LogP contribution in [0.25, 0.3) is 0 Å². The Morgan fingerprint density at radius 3 is 2.21 bits per heavy atom. The predicted octanol–water partition coefficient (Wildman–Crippen LogP) is 2.90. The van der Waals surface area contributed by atoms with Crippen LogP contribution in [-0.4, -0.2) is 42.4 Å². The fourth-order valence-corrected chi connectivity index (χ4v) is 2.96. The third-order valence-corrected chi connectivity index (χ3v) is 4.64. The zero-order chi connectivity index (χ0) is 24.2. The van der Waals surface area contributed by atoms with E-state index in [1.54, 1.807) is 24.3 Å². The Labute approximate surface area is 198 Å². The van der Waals surface area contributed by atoms with Crippen molar-refractivity contribution in [2.45, 2.75) is 12.6 Å². The summed E-state index contributed by atoms with van der Waals surface area (Å²) < 4.78 is 11.4. The van der Waals surface area contributed by atoms with Gasteiger partial charge in [-0.1, -0.05) is 48.5 Å². The zero-order valence-electron chi connectivity index (χ0n) is 18.5. The maximum absolute atomic E-state index is 12.9. The molecule has 34 heavy (non-hydrogen) atoms. The lowest BCUT2D eigenvalue weighted by molar-refractivity contribution is -0.128. The molecular formula is C25H27N5O4. The average molecular weight is 462 g/mol. The van der Waals surface area contributed by atoms with E-state index in [9.17, 15) is 9.59 Å². The molecule has 0 aliphatic carbocycles. The highest BCUT2D eigenvalue weighted by Crippen LogP contribution is 2.22. The molecule has 0 fully saturated rings. The molecule has 0 aliphatic rings. The van der Waals surface area contributed by atoms with Crippen LogP contribution in [0.15, 0.2) is 84.9 Å². The molecule has 0 heterocycles. The van der Waals surface area contributed by atoms with Gasteiger partial charge < -0.3 is 20.1 Å². The number of nitrogens with two attached hydrogens (primary N) is 1. The molecule has 0 aromatic heterocycles. The third-order valence-electron chi connectivity index (χ3n) is 4.64. The molecule has 0 bridgehead atoms. The van der Waals surface area contributed by atoms with E-state index in [-0.39, 0.29) is 19.8 Å². The van der Waals surface area contributed by atoms with E-state index < -0.39 is 17.9 Å².